The Bertz CT molecular complexity index is 532. The lowest BCUT2D eigenvalue weighted by Crippen LogP contribution is -2.46. The summed E-state index contributed by atoms with van der Waals surface area (Å²) in [6.07, 6.45) is 0.785. The van der Waals surface area contributed by atoms with Crippen molar-refractivity contribution in [1.82, 2.24) is 5.32 Å². The lowest BCUT2D eigenvalue weighted by molar-refractivity contribution is -0.143. The molecule has 0 fully saturated rings. The number of rotatable bonds is 5. The first-order valence-electron chi connectivity index (χ1n) is 6.49. The SMILES string of the molecule is CCC[C@H](NC(=O)C1Cc2cc(Cl)ccc2O1)C(=O)O. The summed E-state index contributed by atoms with van der Waals surface area (Å²) in [4.78, 5) is 23.1. The van der Waals surface area contributed by atoms with Gasteiger partial charge in [0.05, 0.1) is 0 Å². The summed E-state index contributed by atoms with van der Waals surface area (Å²) in [7, 11) is 0. The van der Waals surface area contributed by atoms with E-state index in [-0.39, 0.29) is 0 Å². The van der Waals surface area contributed by atoms with Gasteiger partial charge in [-0.05, 0) is 30.2 Å². The van der Waals surface area contributed by atoms with E-state index < -0.39 is 24.0 Å². The maximum Gasteiger partial charge on any atom is 0.326 e. The Morgan fingerprint density at radius 2 is 2.30 bits per heavy atom. The second-order valence-corrected chi connectivity index (χ2v) is 5.19. The fourth-order valence-electron chi connectivity index (χ4n) is 2.17. The topological polar surface area (TPSA) is 75.6 Å². The molecule has 1 amide bonds. The lowest BCUT2D eigenvalue weighted by Gasteiger charge is -2.16. The highest BCUT2D eigenvalue weighted by Crippen LogP contribution is 2.31. The van der Waals surface area contributed by atoms with E-state index in [1.54, 1.807) is 18.2 Å². The molecule has 0 saturated heterocycles. The molecule has 5 nitrogen and oxygen atoms in total. The lowest BCUT2D eigenvalue weighted by atomic mass is 10.1. The first-order chi connectivity index (χ1) is 9.51. The molecule has 0 spiro atoms. The van der Waals surface area contributed by atoms with Crippen LogP contribution >= 0.6 is 11.6 Å². The Kier molecular flexibility index (Phi) is 4.49. The molecule has 2 N–H and O–H groups in total. The molecular formula is C14H16ClNO4. The number of hydrogen-bond acceptors (Lipinski definition) is 3. The number of carboxylic acids is 1. The number of carbonyl (C=O) groups excluding carboxylic acids is 1. The van der Waals surface area contributed by atoms with E-state index >= 15 is 0 Å². The van der Waals surface area contributed by atoms with Crippen molar-refractivity contribution >= 4 is 23.5 Å². The molecule has 0 aliphatic carbocycles. The van der Waals surface area contributed by atoms with Gasteiger partial charge in [-0.2, -0.15) is 0 Å². The molecule has 1 aliphatic rings. The van der Waals surface area contributed by atoms with Crippen molar-refractivity contribution in [1.29, 1.82) is 0 Å². The highest BCUT2D eigenvalue weighted by Gasteiger charge is 2.31. The highest BCUT2D eigenvalue weighted by atomic mass is 35.5. The van der Waals surface area contributed by atoms with Gasteiger partial charge < -0.3 is 15.2 Å². The number of carbonyl (C=O) groups is 2. The van der Waals surface area contributed by atoms with Crippen LogP contribution in [0.15, 0.2) is 18.2 Å². The fraction of sp³-hybridized carbons (Fsp3) is 0.429. The highest BCUT2D eigenvalue weighted by molar-refractivity contribution is 6.30. The third-order valence-corrected chi connectivity index (χ3v) is 3.42. The van der Waals surface area contributed by atoms with Gasteiger partial charge in [0.25, 0.3) is 5.91 Å². The Morgan fingerprint density at radius 1 is 1.55 bits per heavy atom. The number of aliphatic carboxylic acids is 1. The van der Waals surface area contributed by atoms with Gasteiger partial charge in [-0.3, -0.25) is 4.79 Å². The van der Waals surface area contributed by atoms with E-state index in [0.717, 1.165) is 5.56 Å². The van der Waals surface area contributed by atoms with Crippen LogP contribution in [0, 0.1) is 0 Å². The van der Waals surface area contributed by atoms with Crippen molar-refractivity contribution in [2.45, 2.75) is 38.3 Å². The zero-order valence-electron chi connectivity index (χ0n) is 11.1. The van der Waals surface area contributed by atoms with Crippen molar-refractivity contribution in [2.75, 3.05) is 0 Å². The smallest absolute Gasteiger partial charge is 0.326 e. The number of hydrogen-bond donors (Lipinski definition) is 2. The predicted molar refractivity (Wildman–Crippen MR) is 74.0 cm³/mol. The number of ether oxygens (including phenoxy) is 1. The molecule has 6 heteroatoms. The van der Waals surface area contributed by atoms with E-state index in [1.807, 2.05) is 6.92 Å². The van der Waals surface area contributed by atoms with Gasteiger partial charge >= 0.3 is 5.97 Å². The molecule has 1 unspecified atom stereocenters. The molecule has 0 aromatic heterocycles. The number of benzene rings is 1. The fourth-order valence-corrected chi connectivity index (χ4v) is 2.37. The van der Waals surface area contributed by atoms with Gasteiger partial charge in [-0.15, -0.1) is 0 Å². The van der Waals surface area contributed by atoms with Crippen molar-refractivity contribution < 1.29 is 19.4 Å². The molecule has 0 saturated carbocycles. The Morgan fingerprint density at radius 3 is 2.95 bits per heavy atom. The minimum absolute atomic E-state index is 0.395. The monoisotopic (exact) mass is 297 g/mol. The zero-order chi connectivity index (χ0) is 14.7. The molecule has 1 aromatic rings. The normalized spacial score (nSPS) is 18.0. The molecule has 2 rings (SSSR count). The van der Waals surface area contributed by atoms with Crippen LogP contribution < -0.4 is 10.1 Å². The largest absolute Gasteiger partial charge is 0.480 e. The minimum atomic E-state index is -1.03. The number of nitrogens with one attached hydrogen (secondary N) is 1. The maximum atomic E-state index is 12.1. The van der Waals surface area contributed by atoms with Crippen molar-refractivity contribution in [3.8, 4) is 5.75 Å². The van der Waals surface area contributed by atoms with Crippen LogP contribution in [0.4, 0.5) is 0 Å². The molecule has 0 radical (unpaired) electrons. The average Bonchev–Trinajstić information content (AvgIpc) is 2.80. The third-order valence-electron chi connectivity index (χ3n) is 3.18. The Balaban J connectivity index is 2.00. The van der Waals surface area contributed by atoms with E-state index in [9.17, 15) is 9.59 Å². The van der Waals surface area contributed by atoms with E-state index in [0.29, 0.717) is 30.0 Å². The maximum absolute atomic E-state index is 12.1. The predicted octanol–water partition coefficient (Wildman–Crippen LogP) is 2.01. The Labute approximate surface area is 121 Å². The van der Waals surface area contributed by atoms with Crippen LogP contribution in [0.5, 0.6) is 5.75 Å². The summed E-state index contributed by atoms with van der Waals surface area (Å²) < 4.78 is 5.52. The third kappa shape index (κ3) is 3.22. The summed E-state index contributed by atoms with van der Waals surface area (Å²) in [5.41, 5.74) is 0.861. The quantitative estimate of drug-likeness (QED) is 0.872. The first-order valence-corrected chi connectivity index (χ1v) is 6.87. The molecule has 1 heterocycles. The molecule has 0 bridgehead atoms. The first kappa shape index (κ1) is 14.7. The average molecular weight is 298 g/mol. The van der Waals surface area contributed by atoms with Crippen molar-refractivity contribution in [3.05, 3.63) is 28.8 Å². The number of amides is 1. The van der Waals surface area contributed by atoms with Gasteiger partial charge in [-0.1, -0.05) is 24.9 Å². The van der Waals surface area contributed by atoms with Crippen molar-refractivity contribution in [3.63, 3.8) is 0 Å². The van der Waals surface area contributed by atoms with Crippen LogP contribution in [-0.4, -0.2) is 29.1 Å². The van der Waals surface area contributed by atoms with Crippen molar-refractivity contribution in [2.24, 2.45) is 0 Å². The summed E-state index contributed by atoms with van der Waals surface area (Å²) >= 11 is 5.88. The number of fused-ring (bicyclic) bond motifs is 1. The van der Waals surface area contributed by atoms with Gasteiger partial charge in [0.1, 0.15) is 11.8 Å². The molecule has 1 aromatic carbocycles. The molecular weight excluding hydrogens is 282 g/mol. The summed E-state index contributed by atoms with van der Waals surface area (Å²) in [6.45, 7) is 1.87. The summed E-state index contributed by atoms with van der Waals surface area (Å²) in [5.74, 6) is -0.811. The molecule has 2 atom stereocenters. The van der Waals surface area contributed by atoms with Crippen LogP contribution in [0.2, 0.25) is 5.02 Å². The number of halogens is 1. The van der Waals surface area contributed by atoms with E-state index in [4.69, 9.17) is 21.4 Å². The van der Waals surface area contributed by atoms with Crippen LogP contribution in [-0.2, 0) is 16.0 Å². The minimum Gasteiger partial charge on any atom is -0.480 e. The van der Waals surface area contributed by atoms with Gasteiger partial charge in [0.15, 0.2) is 6.10 Å². The second-order valence-electron chi connectivity index (χ2n) is 4.75. The second kappa shape index (κ2) is 6.13. The van der Waals surface area contributed by atoms with E-state index in [2.05, 4.69) is 5.32 Å². The zero-order valence-corrected chi connectivity index (χ0v) is 11.8. The summed E-state index contributed by atoms with van der Waals surface area (Å²) in [5, 5.41) is 12.1. The Hall–Kier alpha value is -1.75. The number of carboxylic acid groups (broad SMARTS) is 1. The van der Waals surface area contributed by atoms with Crippen LogP contribution in [0.1, 0.15) is 25.3 Å². The van der Waals surface area contributed by atoms with Crippen LogP contribution in [0.3, 0.4) is 0 Å². The molecule has 108 valence electrons. The van der Waals surface area contributed by atoms with Gasteiger partial charge in [-0.25, -0.2) is 4.79 Å². The molecule has 1 aliphatic heterocycles. The van der Waals surface area contributed by atoms with Crippen LogP contribution in [0.25, 0.3) is 0 Å². The molecule has 20 heavy (non-hydrogen) atoms. The summed E-state index contributed by atoms with van der Waals surface area (Å²) in [6, 6.07) is 4.29. The van der Waals surface area contributed by atoms with E-state index in [1.165, 1.54) is 0 Å². The van der Waals surface area contributed by atoms with Gasteiger partial charge in [0, 0.05) is 11.4 Å². The van der Waals surface area contributed by atoms with Gasteiger partial charge in [0.2, 0.25) is 0 Å². The standard InChI is InChI=1S/C14H16ClNO4/c1-2-3-10(14(18)19)16-13(17)12-7-8-6-9(15)4-5-11(8)20-12/h4-6,10,12H,2-3,7H2,1H3,(H,16,17)(H,18,19)/t10-,12?/m0/s1.